The van der Waals surface area contributed by atoms with Crippen molar-refractivity contribution in [2.45, 2.75) is 45.3 Å². The first kappa shape index (κ1) is 24.3. The van der Waals surface area contributed by atoms with Crippen LogP contribution in [0.1, 0.15) is 44.7 Å². The Labute approximate surface area is 187 Å². The van der Waals surface area contributed by atoms with Crippen molar-refractivity contribution in [2.24, 2.45) is 0 Å². The second-order valence-electron chi connectivity index (χ2n) is 7.16. The van der Waals surface area contributed by atoms with Gasteiger partial charge < -0.3 is 31.2 Å². The van der Waals surface area contributed by atoms with Gasteiger partial charge in [0.15, 0.2) is 0 Å². The van der Waals surface area contributed by atoms with Crippen LogP contribution in [0.3, 0.4) is 0 Å². The minimum absolute atomic E-state index is 0.300. The van der Waals surface area contributed by atoms with Gasteiger partial charge in [-0.05, 0) is 49.6 Å². The van der Waals surface area contributed by atoms with Gasteiger partial charge in [0.2, 0.25) is 0 Å². The molecule has 0 aromatic heterocycles. The van der Waals surface area contributed by atoms with Crippen molar-refractivity contribution in [3.8, 4) is 11.8 Å². The number of rotatable bonds is 9. The molecule has 0 unspecified atom stereocenters. The molecule has 2 atom stereocenters. The molecule has 9 heteroatoms. The highest BCUT2D eigenvalue weighted by Gasteiger charge is 2.16. The number of benzene rings is 2. The van der Waals surface area contributed by atoms with Crippen LogP contribution in [0.15, 0.2) is 42.5 Å². The molecule has 0 saturated carbocycles. The fourth-order valence-corrected chi connectivity index (χ4v) is 2.99. The molecule has 0 bridgehead atoms. The van der Waals surface area contributed by atoms with Gasteiger partial charge in [0.05, 0.1) is 24.9 Å². The first-order valence-electron chi connectivity index (χ1n) is 10.3. The number of urea groups is 1. The molecule has 0 saturated heterocycles. The summed E-state index contributed by atoms with van der Waals surface area (Å²) in [6.07, 6.45) is 0.627. The van der Waals surface area contributed by atoms with Crippen LogP contribution in [0.25, 0.3) is 0 Å². The average Bonchev–Trinajstić information content (AvgIpc) is 2.77. The summed E-state index contributed by atoms with van der Waals surface area (Å²) in [5.41, 5.74) is 8.14. The lowest BCUT2D eigenvalue weighted by Gasteiger charge is -2.19. The van der Waals surface area contributed by atoms with E-state index in [4.69, 9.17) is 20.5 Å². The molecule has 0 aliphatic carbocycles. The van der Waals surface area contributed by atoms with E-state index in [1.54, 1.807) is 36.4 Å². The van der Waals surface area contributed by atoms with Crippen molar-refractivity contribution in [1.29, 1.82) is 5.26 Å². The Morgan fingerprint density at radius 3 is 2.53 bits per heavy atom. The third-order valence-corrected chi connectivity index (χ3v) is 4.78. The van der Waals surface area contributed by atoms with Crippen LogP contribution < -0.4 is 26.4 Å². The maximum absolute atomic E-state index is 12.4. The Morgan fingerprint density at radius 2 is 1.88 bits per heavy atom. The maximum Gasteiger partial charge on any atom is 0.407 e. The van der Waals surface area contributed by atoms with Crippen LogP contribution in [0.2, 0.25) is 0 Å². The van der Waals surface area contributed by atoms with E-state index >= 15 is 0 Å². The lowest BCUT2D eigenvalue weighted by Crippen LogP contribution is -2.31. The van der Waals surface area contributed by atoms with Gasteiger partial charge in [-0.2, -0.15) is 5.26 Å². The van der Waals surface area contributed by atoms with Crippen molar-refractivity contribution in [3.63, 3.8) is 0 Å². The summed E-state index contributed by atoms with van der Waals surface area (Å²) >= 11 is 0. The van der Waals surface area contributed by atoms with E-state index in [1.165, 1.54) is 7.11 Å². The van der Waals surface area contributed by atoms with Crippen LogP contribution in [-0.4, -0.2) is 25.3 Å². The summed E-state index contributed by atoms with van der Waals surface area (Å²) in [5, 5.41) is 16.9. The Hall–Kier alpha value is -3.93. The smallest absolute Gasteiger partial charge is 0.407 e. The Bertz CT molecular complexity index is 973. The molecule has 2 aromatic carbocycles. The molecule has 0 radical (unpaired) electrons. The van der Waals surface area contributed by atoms with Gasteiger partial charge in [-0.3, -0.25) is 0 Å². The normalized spacial score (nSPS) is 12.1. The molecule has 0 spiro atoms. The number of alkyl carbamates (subject to hydrolysis) is 1. The van der Waals surface area contributed by atoms with Gasteiger partial charge in [0.1, 0.15) is 11.9 Å². The summed E-state index contributed by atoms with van der Waals surface area (Å²) in [7, 11) is 1.50. The number of amides is 3. The van der Waals surface area contributed by atoms with Gasteiger partial charge in [0.25, 0.3) is 0 Å². The maximum atomic E-state index is 12.4. The summed E-state index contributed by atoms with van der Waals surface area (Å²) < 4.78 is 10.5. The number of ether oxygens (including phenoxy) is 2. The molecule has 5 N–H and O–H groups in total. The molecule has 170 valence electrons. The van der Waals surface area contributed by atoms with E-state index in [0.29, 0.717) is 42.1 Å². The number of hydrogen-bond acceptors (Lipinski definition) is 6. The average molecular weight is 440 g/mol. The molecule has 3 amide bonds. The van der Waals surface area contributed by atoms with E-state index in [-0.39, 0.29) is 12.1 Å². The number of carbonyl (C=O) groups excluding carboxylic acids is 2. The molecule has 0 aliphatic rings. The number of hydrogen-bond donors (Lipinski definition) is 4. The first-order chi connectivity index (χ1) is 15.4. The molecule has 2 rings (SSSR count). The monoisotopic (exact) mass is 439 g/mol. The van der Waals surface area contributed by atoms with Gasteiger partial charge in [-0.15, -0.1) is 0 Å². The fourth-order valence-electron chi connectivity index (χ4n) is 2.99. The van der Waals surface area contributed by atoms with Crippen LogP contribution in [0.4, 0.5) is 26.7 Å². The molecule has 0 aliphatic heterocycles. The van der Waals surface area contributed by atoms with Crippen LogP contribution in [-0.2, 0) is 4.74 Å². The van der Waals surface area contributed by atoms with Crippen LogP contribution in [0, 0.1) is 11.3 Å². The Balaban J connectivity index is 1.95. The summed E-state index contributed by atoms with van der Waals surface area (Å²) in [4.78, 5) is 24.5. The largest absolute Gasteiger partial charge is 0.495 e. The zero-order valence-corrected chi connectivity index (χ0v) is 18.5. The lowest BCUT2D eigenvalue weighted by molar-refractivity contribution is 0.0886. The standard InChI is InChI=1S/C23H29N5O4/c1-4-19(9-6-12-24)32-23(30)26-15(2)16-7-5-8-17(13-16)27-22(29)28-18-10-11-20(25)21(14-18)31-3/h5,7-8,10-11,13-15,19H,4,6,9,25H2,1-3H3,(H,26,30)(H2,27,28,29)/t15-,19+/m0/s1. The van der Waals surface area contributed by atoms with E-state index in [2.05, 4.69) is 22.0 Å². The zero-order chi connectivity index (χ0) is 23.5. The van der Waals surface area contributed by atoms with Gasteiger partial charge in [-0.25, -0.2) is 9.59 Å². The molecular weight excluding hydrogens is 410 g/mol. The highest BCUT2D eigenvalue weighted by Crippen LogP contribution is 2.25. The molecule has 2 aromatic rings. The zero-order valence-electron chi connectivity index (χ0n) is 18.5. The highest BCUT2D eigenvalue weighted by atomic mass is 16.6. The minimum atomic E-state index is -0.546. The van der Waals surface area contributed by atoms with Crippen molar-refractivity contribution in [1.82, 2.24) is 5.32 Å². The van der Waals surface area contributed by atoms with E-state index in [9.17, 15) is 9.59 Å². The number of nitrogens with zero attached hydrogens (tertiary/aromatic N) is 1. The lowest BCUT2D eigenvalue weighted by atomic mass is 10.1. The molecule has 0 fully saturated rings. The summed E-state index contributed by atoms with van der Waals surface area (Å²) in [6.45, 7) is 3.72. The number of nitrogens with two attached hydrogens (primary N) is 1. The van der Waals surface area contributed by atoms with Crippen molar-refractivity contribution in [3.05, 3.63) is 48.0 Å². The molecular formula is C23H29N5O4. The predicted octanol–water partition coefficient (Wildman–Crippen LogP) is 4.79. The summed E-state index contributed by atoms with van der Waals surface area (Å²) in [5.74, 6) is 0.467. The number of methoxy groups -OCH3 is 1. The fraction of sp³-hybridized carbons (Fsp3) is 0.348. The van der Waals surface area contributed by atoms with Crippen molar-refractivity contribution in [2.75, 3.05) is 23.5 Å². The first-order valence-corrected chi connectivity index (χ1v) is 10.3. The SMILES string of the molecule is CC[C@H](CCC#N)OC(=O)N[C@@H](C)c1cccc(NC(=O)Nc2ccc(N)c(OC)c2)c1. The quantitative estimate of drug-likeness (QED) is 0.414. The minimum Gasteiger partial charge on any atom is -0.495 e. The number of carbonyl (C=O) groups is 2. The number of nitrogen functional groups attached to an aromatic ring is 1. The number of anilines is 3. The van der Waals surface area contributed by atoms with Crippen LogP contribution in [0.5, 0.6) is 5.75 Å². The predicted molar refractivity (Wildman–Crippen MR) is 123 cm³/mol. The summed E-state index contributed by atoms with van der Waals surface area (Å²) in [6, 6.07) is 13.3. The van der Waals surface area contributed by atoms with Crippen molar-refractivity contribution < 1.29 is 19.1 Å². The van der Waals surface area contributed by atoms with E-state index < -0.39 is 12.1 Å². The number of nitrogens with one attached hydrogen (secondary N) is 3. The molecule has 32 heavy (non-hydrogen) atoms. The third kappa shape index (κ3) is 7.40. The Morgan fingerprint density at radius 1 is 1.16 bits per heavy atom. The second kappa shape index (κ2) is 12.1. The van der Waals surface area contributed by atoms with Gasteiger partial charge in [0, 0.05) is 23.9 Å². The molecule has 9 nitrogen and oxygen atoms in total. The molecule has 0 heterocycles. The Kier molecular flexibility index (Phi) is 9.17. The third-order valence-electron chi connectivity index (χ3n) is 4.78. The second-order valence-corrected chi connectivity index (χ2v) is 7.16. The topological polar surface area (TPSA) is 138 Å². The van der Waals surface area contributed by atoms with Gasteiger partial charge >= 0.3 is 12.1 Å². The van der Waals surface area contributed by atoms with E-state index in [1.807, 2.05) is 19.9 Å². The number of nitriles is 1. The highest BCUT2D eigenvalue weighted by molar-refractivity contribution is 6.00. The van der Waals surface area contributed by atoms with Crippen molar-refractivity contribution >= 4 is 29.2 Å². The van der Waals surface area contributed by atoms with Gasteiger partial charge in [-0.1, -0.05) is 19.1 Å². The van der Waals surface area contributed by atoms with E-state index in [0.717, 1.165) is 5.56 Å². The van der Waals surface area contributed by atoms with Crippen LogP contribution >= 0.6 is 0 Å².